The zero-order valence-corrected chi connectivity index (χ0v) is 12.7. The zero-order valence-electron chi connectivity index (χ0n) is 12.7. The summed E-state index contributed by atoms with van der Waals surface area (Å²) in [4.78, 5) is 12.0. The van der Waals surface area contributed by atoms with Crippen LogP contribution in [0.2, 0.25) is 0 Å². The first-order chi connectivity index (χ1) is 9.28. The van der Waals surface area contributed by atoms with Crippen molar-refractivity contribution in [3.8, 4) is 6.07 Å². The predicted octanol–water partition coefficient (Wildman–Crippen LogP) is 3.29. The summed E-state index contributed by atoms with van der Waals surface area (Å²) in [7, 11) is 0. The minimum atomic E-state index is -0.173. The molecule has 1 aromatic carbocycles. The van der Waals surface area contributed by atoms with Gasteiger partial charge < -0.3 is 5.32 Å². The molecule has 2 rings (SSSR count). The Balaban J connectivity index is 2.44. The van der Waals surface area contributed by atoms with Gasteiger partial charge in [0.2, 0.25) is 0 Å². The lowest BCUT2D eigenvalue weighted by molar-refractivity contribution is 0.0958. The number of nitrogens with one attached hydrogen (secondary N) is 1. The molecule has 0 spiro atoms. The highest BCUT2D eigenvalue weighted by Gasteiger charge is 2.37. The Morgan fingerprint density at radius 1 is 1.20 bits per heavy atom. The van der Waals surface area contributed by atoms with Crippen molar-refractivity contribution < 1.29 is 4.79 Å². The second-order valence-corrected chi connectivity index (χ2v) is 6.87. The normalized spacial score (nSPS) is 18.8. The minimum Gasteiger partial charge on any atom is -0.339 e. The molecule has 106 valence electrons. The summed E-state index contributed by atoms with van der Waals surface area (Å²) in [6.07, 6.45) is 2.28. The molecule has 0 saturated carbocycles. The van der Waals surface area contributed by atoms with Gasteiger partial charge in [-0.2, -0.15) is 5.26 Å². The molecule has 0 fully saturated rings. The van der Waals surface area contributed by atoms with Crippen molar-refractivity contribution in [2.24, 2.45) is 0 Å². The van der Waals surface area contributed by atoms with Crippen LogP contribution in [0.5, 0.6) is 0 Å². The Morgan fingerprint density at radius 2 is 1.80 bits per heavy atom. The lowest BCUT2D eigenvalue weighted by Gasteiger charge is -2.42. The summed E-state index contributed by atoms with van der Waals surface area (Å²) in [5, 5.41) is 11.1. The van der Waals surface area contributed by atoms with Gasteiger partial charge in [-0.05, 0) is 46.9 Å². The first-order valence-electron chi connectivity index (χ1n) is 7.08. The molecule has 1 aliphatic rings. The summed E-state index contributed by atoms with van der Waals surface area (Å²) < 4.78 is 0. The molecule has 3 nitrogen and oxygen atoms in total. The van der Waals surface area contributed by atoms with Crippen molar-refractivity contribution in [3.63, 3.8) is 0 Å². The summed E-state index contributed by atoms with van der Waals surface area (Å²) in [5.41, 5.74) is 3.50. The molecule has 20 heavy (non-hydrogen) atoms. The molecule has 0 radical (unpaired) electrons. The molecular weight excluding hydrogens is 248 g/mol. The molecule has 3 heteroatoms. The van der Waals surface area contributed by atoms with E-state index in [-0.39, 0.29) is 23.3 Å². The number of nitriles is 1. The highest BCUT2D eigenvalue weighted by atomic mass is 16.1. The molecule has 0 aliphatic heterocycles. The van der Waals surface area contributed by atoms with Crippen LogP contribution in [0.4, 0.5) is 0 Å². The van der Waals surface area contributed by atoms with Crippen LogP contribution >= 0.6 is 0 Å². The van der Waals surface area contributed by atoms with Gasteiger partial charge in [0.15, 0.2) is 0 Å². The maximum atomic E-state index is 12.0. The zero-order chi connectivity index (χ0) is 15.0. The van der Waals surface area contributed by atoms with Crippen molar-refractivity contribution in [3.05, 3.63) is 34.9 Å². The van der Waals surface area contributed by atoms with E-state index >= 15 is 0 Å². The second-order valence-electron chi connectivity index (χ2n) is 6.87. The largest absolute Gasteiger partial charge is 0.339 e. The predicted molar refractivity (Wildman–Crippen MR) is 79.7 cm³/mol. The van der Waals surface area contributed by atoms with Gasteiger partial charge in [0.1, 0.15) is 6.54 Å². The van der Waals surface area contributed by atoms with Gasteiger partial charge in [-0.15, -0.1) is 0 Å². The van der Waals surface area contributed by atoms with E-state index in [1.54, 1.807) is 0 Å². The highest BCUT2D eigenvalue weighted by Crippen LogP contribution is 2.45. The topological polar surface area (TPSA) is 52.9 Å². The summed E-state index contributed by atoms with van der Waals surface area (Å²) in [5.74, 6) is -0.173. The van der Waals surface area contributed by atoms with E-state index in [1.807, 2.05) is 18.2 Å². The number of hydrogen-bond acceptors (Lipinski definition) is 2. The lowest BCUT2D eigenvalue weighted by atomic mass is 9.63. The average molecular weight is 270 g/mol. The smallest absolute Gasteiger partial charge is 0.252 e. The Morgan fingerprint density at radius 3 is 2.40 bits per heavy atom. The number of amides is 1. The molecule has 1 aliphatic carbocycles. The number of carbonyl (C=O) groups excluding carboxylic acids is 1. The van der Waals surface area contributed by atoms with Crippen LogP contribution < -0.4 is 5.32 Å². The summed E-state index contributed by atoms with van der Waals surface area (Å²) in [6.45, 7) is 9.04. The average Bonchev–Trinajstić information content (AvgIpc) is 2.41. The van der Waals surface area contributed by atoms with Gasteiger partial charge in [0, 0.05) is 5.56 Å². The molecular formula is C17H22N2O. The lowest BCUT2D eigenvalue weighted by Crippen LogP contribution is -2.34. The van der Waals surface area contributed by atoms with Gasteiger partial charge >= 0.3 is 0 Å². The molecule has 0 atom stereocenters. The van der Waals surface area contributed by atoms with E-state index < -0.39 is 0 Å². The van der Waals surface area contributed by atoms with Gasteiger partial charge in [0.05, 0.1) is 6.07 Å². The first kappa shape index (κ1) is 14.6. The van der Waals surface area contributed by atoms with Crippen molar-refractivity contribution in [1.29, 1.82) is 5.26 Å². The van der Waals surface area contributed by atoms with Crippen molar-refractivity contribution in [2.45, 2.75) is 51.4 Å². The minimum absolute atomic E-state index is 0.0464. The molecule has 1 amide bonds. The molecule has 1 N–H and O–H groups in total. The molecule has 1 aromatic rings. The molecule has 0 saturated heterocycles. The van der Waals surface area contributed by atoms with Crippen molar-refractivity contribution in [1.82, 2.24) is 5.32 Å². The van der Waals surface area contributed by atoms with E-state index in [9.17, 15) is 4.79 Å². The van der Waals surface area contributed by atoms with Crippen LogP contribution in [-0.2, 0) is 10.8 Å². The first-order valence-corrected chi connectivity index (χ1v) is 7.08. The van der Waals surface area contributed by atoms with Gasteiger partial charge in [-0.1, -0.05) is 33.8 Å². The summed E-state index contributed by atoms with van der Waals surface area (Å²) >= 11 is 0. The Labute approximate surface area is 121 Å². The van der Waals surface area contributed by atoms with Crippen LogP contribution in [0.15, 0.2) is 18.2 Å². The number of fused-ring (bicyclic) bond motifs is 1. The number of carbonyl (C=O) groups is 1. The quantitative estimate of drug-likeness (QED) is 0.838. The molecule has 0 aromatic heterocycles. The maximum Gasteiger partial charge on any atom is 0.252 e. The Kier molecular flexibility index (Phi) is 3.60. The second kappa shape index (κ2) is 4.94. The number of rotatable bonds is 2. The Hall–Kier alpha value is -1.82. The summed E-state index contributed by atoms with van der Waals surface area (Å²) in [6, 6.07) is 7.88. The fourth-order valence-electron chi connectivity index (χ4n) is 2.95. The van der Waals surface area contributed by atoms with E-state index in [4.69, 9.17) is 5.26 Å². The Bertz CT molecular complexity index is 579. The maximum absolute atomic E-state index is 12.0. The third kappa shape index (κ3) is 2.56. The third-order valence-corrected chi connectivity index (χ3v) is 4.44. The van der Waals surface area contributed by atoms with E-state index in [1.165, 1.54) is 11.1 Å². The number of hydrogen-bond donors (Lipinski definition) is 1. The molecule has 0 heterocycles. The molecule has 0 bridgehead atoms. The fourth-order valence-corrected chi connectivity index (χ4v) is 2.95. The number of nitrogens with zero attached hydrogens (tertiary/aromatic N) is 1. The van der Waals surface area contributed by atoms with Crippen LogP contribution in [0.3, 0.4) is 0 Å². The van der Waals surface area contributed by atoms with Crippen molar-refractivity contribution >= 4 is 5.91 Å². The van der Waals surface area contributed by atoms with E-state index in [0.717, 1.165) is 12.8 Å². The van der Waals surface area contributed by atoms with Gasteiger partial charge in [-0.25, -0.2) is 0 Å². The van der Waals surface area contributed by atoms with Crippen LogP contribution in [0.25, 0.3) is 0 Å². The van der Waals surface area contributed by atoms with E-state index in [2.05, 4.69) is 39.1 Å². The van der Waals surface area contributed by atoms with Crippen molar-refractivity contribution in [2.75, 3.05) is 6.54 Å². The standard InChI is InChI=1S/C17H22N2O/c1-16(2)7-8-17(3,4)14-11-12(5-6-13(14)16)15(20)19-10-9-18/h5-6,11H,7-8,10H2,1-4H3,(H,19,20). The van der Waals surface area contributed by atoms with Gasteiger partial charge in [0.25, 0.3) is 5.91 Å². The fraction of sp³-hybridized carbons (Fsp3) is 0.529. The highest BCUT2D eigenvalue weighted by molar-refractivity contribution is 5.94. The SMILES string of the molecule is CC1(C)CCC(C)(C)c2cc(C(=O)NCC#N)ccc21. The molecule has 0 unspecified atom stereocenters. The van der Waals surface area contributed by atoms with Crippen LogP contribution in [-0.4, -0.2) is 12.5 Å². The number of benzene rings is 1. The van der Waals surface area contributed by atoms with E-state index in [0.29, 0.717) is 5.56 Å². The van der Waals surface area contributed by atoms with Crippen LogP contribution in [0, 0.1) is 11.3 Å². The van der Waals surface area contributed by atoms with Crippen LogP contribution in [0.1, 0.15) is 62.0 Å². The third-order valence-electron chi connectivity index (χ3n) is 4.44. The monoisotopic (exact) mass is 270 g/mol. The van der Waals surface area contributed by atoms with Gasteiger partial charge in [-0.3, -0.25) is 4.79 Å².